The third-order valence-corrected chi connectivity index (χ3v) is 1.60. The quantitative estimate of drug-likeness (QED) is 0.639. The van der Waals surface area contributed by atoms with Crippen LogP contribution in [0, 0.1) is 0 Å². The summed E-state index contributed by atoms with van der Waals surface area (Å²) in [6.07, 6.45) is 1.47. The standard InChI is InChI=1S/C9H13N3O2/c1-9(2,10)8(14)12-7-6(13)4-3-5-11-7/h3-5,13H,10H2,1-2H3,(H,11,12,14). The molecule has 0 aliphatic carbocycles. The Bertz CT molecular complexity index is 344. The van der Waals surface area contributed by atoms with E-state index in [-0.39, 0.29) is 11.6 Å². The van der Waals surface area contributed by atoms with E-state index in [4.69, 9.17) is 5.73 Å². The van der Waals surface area contributed by atoms with Crippen LogP contribution >= 0.6 is 0 Å². The van der Waals surface area contributed by atoms with Crippen LogP contribution in [0.15, 0.2) is 18.3 Å². The number of pyridine rings is 1. The van der Waals surface area contributed by atoms with Gasteiger partial charge in [0.2, 0.25) is 5.91 Å². The number of rotatable bonds is 2. The Morgan fingerprint density at radius 3 is 2.79 bits per heavy atom. The van der Waals surface area contributed by atoms with E-state index in [2.05, 4.69) is 10.3 Å². The summed E-state index contributed by atoms with van der Waals surface area (Å²) in [5, 5.41) is 11.7. The molecule has 0 atom stereocenters. The highest BCUT2D eigenvalue weighted by Gasteiger charge is 2.22. The van der Waals surface area contributed by atoms with E-state index in [9.17, 15) is 9.90 Å². The molecule has 5 heteroatoms. The minimum absolute atomic E-state index is 0.0786. The van der Waals surface area contributed by atoms with Gasteiger partial charge in [0.05, 0.1) is 5.54 Å². The molecule has 1 aromatic rings. The van der Waals surface area contributed by atoms with E-state index < -0.39 is 11.4 Å². The topological polar surface area (TPSA) is 88.2 Å². The Morgan fingerprint density at radius 1 is 1.64 bits per heavy atom. The third-order valence-electron chi connectivity index (χ3n) is 1.60. The molecule has 1 heterocycles. The molecule has 76 valence electrons. The van der Waals surface area contributed by atoms with Crippen LogP contribution in [0.2, 0.25) is 0 Å². The fourth-order valence-electron chi connectivity index (χ4n) is 0.762. The number of carbonyl (C=O) groups excluding carboxylic acids is 1. The summed E-state index contributed by atoms with van der Waals surface area (Å²) >= 11 is 0. The molecule has 5 nitrogen and oxygen atoms in total. The van der Waals surface area contributed by atoms with Gasteiger partial charge in [-0.05, 0) is 26.0 Å². The summed E-state index contributed by atoms with van der Waals surface area (Å²) in [5.41, 5.74) is 4.56. The minimum atomic E-state index is -0.996. The summed E-state index contributed by atoms with van der Waals surface area (Å²) < 4.78 is 0. The van der Waals surface area contributed by atoms with E-state index in [1.807, 2.05) is 0 Å². The van der Waals surface area contributed by atoms with Gasteiger partial charge in [0.15, 0.2) is 11.6 Å². The maximum atomic E-state index is 11.4. The van der Waals surface area contributed by atoms with Crippen molar-refractivity contribution in [1.29, 1.82) is 0 Å². The number of nitrogens with one attached hydrogen (secondary N) is 1. The van der Waals surface area contributed by atoms with Gasteiger partial charge in [-0.1, -0.05) is 0 Å². The largest absolute Gasteiger partial charge is 0.504 e. The monoisotopic (exact) mass is 195 g/mol. The number of hydrogen-bond donors (Lipinski definition) is 3. The fraction of sp³-hybridized carbons (Fsp3) is 0.333. The van der Waals surface area contributed by atoms with Crippen molar-refractivity contribution in [2.45, 2.75) is 19.4 Å². The second kappa shape index (κ2) is 3.63. The van der Waals surface area contributed by atoms with Gasteiger partial charge in [-0.25, -0.2) is 4.98 Å². The van der Waals surface area contributed by atoms with Crippen molar-refractivity contribution in [3.8, 4) is 5.75 Å². The SMILES string of the molecule is CC(C)(N)C(=O)Nc1ncccc1O. The molecular weight excluding hydrogens is 182 g/mol. The van der Waals surface area contributed by atoms with Gasteiger partial charge >= 0.3 is 0 Å². The Labute approximate surface area is 82.0 Å². The second-order valence-electron chi connectivity index (χ2n) is 3.55. The highest BCUT2D eigenvalue weighted by Crippen LogP contribution is 2.18. The van der Waals surface area contributed by atoms with Crippen LogP contribution in [-0.4, -0.2) is 21.5 Å². The predicted molar refractivity (Wildman–Crippen MR) is 52.8 cm³/mol. The number of aromatic hydroxyl groups is 1. The second-order valence-corrected chi connectivity index (χ2v) is 3.55. The highest BCUT2D eigenvalue weighted by atomic mass is 16.3. The molecular formula is C9H13N3O2. The minimum Gasteiger partial charge on any atom is -0.504 e. The van der Waals surface area contributed by atoms with Crippen LogP contribution in [0.1, 0.15) is 13.8 Å². The zero-order chi connectivity index (χ0) is 10.8. The molecule has 4 N–H and O–H groups in total. The van der Waals surface area contributed by atoms with Crippen LogP contribution in [0.3, 0.4) is 0 Å². The number of anilines is 1. The fourth-order valence-corrected chi connectivity index (χ4v) is 0.762. The molecule has 0 saturated carbocycles. The highest BCUT2D eigenvalue weighted by molar-refractivity contribution is 5.97. The molecule has 14 heavy (non-hydrogen) atoms. The average Bonchev–Trinajstić information content (AvgIpc) is 2.07. The van der Waals surface area contributed by atoms with Crippen LogP contribution in [-0.2, 0) is 4.79 Å². The van der Waals surface area contributed by atoms with Crippen LogP contribution in [0.25, 0.3) is 0 Å². The first kappa shape index (κ1) is 10.5. The summed E-state index contributed by atoms with van der Waals surface area (Å²) in [6.45, 7) is 3.14. The van der Waals surface area contributed by atoms with Gasteiger partial charge in [-0.3, -0.25) is 4.79 Å². The zero-order valence-corrected chi connectivity index (χ0v) is 8.11. The molecule has 0 aromatic carbocycles. The Morgan fingerprint density at radius 2 is 2.29 bits per heavy atom. The number of aromatic nitrogens is 1. The van der Waals surface area contributed by atoms with E-state index in [0.29, 0.717) is 0 Å². The maximum Gasteiger partial charge on any atom is 0.245 e. The molecule has 0 spiro atoms. The van der Waals surface area contributed by atoms with E-state index >= 15 is 0 Å². The summed E-state index contributed by atoms with van der Waals surface area (Å²) in [5.74, 6) is -0.354. The van der Waals surface area contributed by atoms with Gasteiger partial charge in [0, 0.05) is 6.20 Å². The number of hydrogen-bond acceptors (Lipinski definition) is 4. The van der Waals surface area contributed by atoms with Crippen molar-refractivity contribution in [3.63, 3.8) is 0 Å². The first-order chi connectivity index (χ1) is 6.41. The molecule has 0 radical (unpaired) electrons. The Kier molecular flexibility index (Phi) is 2.71. The van der Waals surface area contributed by atoms with Crippen molar-refractivity contribution >= 4 is 11.7 Å². The Hall–Kier alpha value is -1.62. The van der Waals surface area contributed by atoms with Crippen molar-refractivity contribution in [2.24, 2.45) is 5.73 Å². The summed E-state index contributed by atoms with van der Waals surface area (Å²) in [4.78, 5) is 15.2. The van der Waals surface area contributed by atoms with Gasteiger partial charge < -0.3 is 16.2 Å². The lowest BCUT2D eigenvalue weighted by Gasteiger charge is -2.17. The molecule has 0 unspecified atom stereocenters. The van der Waals surface area contributed by atoms with E-state index in [1.165, 1.54) is 12.3 Å². The lowest BCUT2D eigenvalue weighted by atomic mass is 10.1. The van der Waals surface area contributed by atoms with Crippen LogP contribution in [0.4, 0.5) is 5.82 Å². The number of carbonyl (C=O) groups is 1. The number of nitrogens with two attached hydrogens (primary N) is 1. The van der Waals surface area contributed by atoms with Crippen molar-refractivity contribution in [1.82, 2.24) is 4.98 Å². The zero-order valence-electron chi connectivity index (χ0n) is 8.11. The molecule has 0 saturated heterocycles. The predicted octanol–water partition coefficient (Wildman–Crippen LogP) is 0.463. The molecule has 1 amide bonds. The van der Waals surface area contributed by atoms with Crippen molar-refractivity contribution in [2.75, 3.05) is 5.32 Å². The van der Waals surface area contributed by atoms with Crippen LogP contribution < -0.4 is 11.1 Å². The summed E-state index contributed by atoms with van der Waals surface area (Å²) in [6, 6.07) is 3.00. The normalized spacial score (nSPS) is 11.1. The average molecular weight is 195 g/mol. The lowest BCUT2D eigenvalue weighted by Crippen LogP contribution is -2.45. The lowest BCUT2D eigenvalue weighted by molar-refractivity contribution is -0.120. The van der Waals surface area contributed by atoms with Crippen molar-refractivity contribution < 1.29 is 9.90 Å². The molecule has 0 aliphatic rings. The molecule has 0 aliphatic heterocycles. The first-order valence-corrected chi connectivity index (χ1v) is 4.15. The van der Waals surface area contributed by atoms with Crippen LogP contribution in [0.5, 0.6) is 5.75 Å². The first-order valence-electron chi connectivity index (χ1n) is 4.15. The Balaban J connectivity index is 2.80. The van der Waals surface area contributed by atoms with Gasteiger partial charge in [0.25, 0.3) is 0 Å². The van der Waals surface area contributed by atoms with Gasteiger partial charge in [-0.15, -0.1) is 0 Å². The summed E-state index contributed by atoms with van der Waals surface area (Å²) in [7, 11) is 0. The molecule has 0 fully saturated rings. The van der Waals surface area contributed by atoms with Gasteiger partial charge in [-0.2, -0.15) is 0 Å². The van der Waals surface area contributed by atoms with E-state index in [0.717, 1.165) is 0 Å². The molecule has 1 rings (SSSR count). The van der Waals surface area contributed by atoms with Crippen molar-refractivity contribution in [3.05, 3.63) is 18.3 Å². The third kappa shape index (κ3) is 2.43. The number of nitrogens with zero attached hydrogens (tertiary/aromatic N) is 1. The van der Waals surface area contributed by atoms with E-state index in [1.54, 1.807) is 19.9 Å². The molecule has 1 aromatic heterocycles. The molecule has 0 bridgehead atoms. The smallest absolute Gasteiger partial charge is 0.245 e. The number of amides is 1. The van der Waals surface area contributed by atoms with Gasteiger partial charge in [0.1, 0.15) is 0 Å². The maximum absolute atomic E-state index is 11.4.